The molecule has 0 unspecified atom stereocenters. The van der Waals surface area contributed by atoms with Gasteiger partial charge in [-0.25, -0.2) is 4.79 Å². The van der Waals surface area contributed by atoms with Crippen LogP contribution in [0.4, 0.5) is 16.2 Å². The fraction of sp³-hybridized carbons (Fsp3) is 0.720. The van der Waals surface area contributed by atoms with Gasteiger partial charge < -0.3 is 19.8 Å². The van der Waals surface area contributed by atoms with E-state index in [0.29, 0.717) is 12.5 Å². The van der Waals surface area contributed by atoms with Crippen molar-refractivity contribution in [2.24, 2.45) is 0 Å². The number of hydrogen-bond acceptors (Lipinski definition) is 4. The zero-order chi connectivity index (χ0) is 23.4. The lowest BCUT2D eigenvalue weighted by Gasteiger charge is -2.41. The van der Waals surface area contributed by atoms with Crippen LogP contribution in [0.5, 0.6) is 0 Å². The summed E-state index contributed by atoms with van der Waals surface area (Å²) in [5.41, 5.74) is 1.37. The van der Waals surface area contributed by atoms with Gasteiger partial charge in [0.2, 0.25) is 0 Å². The van der Waals surface area contributed by atoms with E-state index in [1.165, 1.54) is 4.90 Å². The molecule has 1 aliphatic heterocycles. The average Bonchev–Trinajstić information content (AvgIpc) is 2.66. The van der Waals surface area contributed by atoms with E-state index < -0.39 is 17.2 Å². The summed E-state index contributed by atoms with van der Waals surface area (Å²) in [5, 5.41) is 20.6. The van der Waals surface area contributed by atoms with Crippen LogP contribution in [-0.2, 0) is 4.74 Å². The predicted octanol–water partition coefficient (Wildman–Crippen LogP) is 5.63. The molecule has 2 rings (SSSR count). The van der Waals surface area contributed by atoms with E-state index in [1.807, 2.05) is 40.7 Å². The second-order valence-corrected chi connectivity index (χ2v) is 10.3. The lowest BCUT2D eigenvalue weighted by molar-refractivity contribution is 0.0624. The Bertz CT molecular complexity index is 730. The molecule has 0 radical (unpaired) electrons. The molecule has 0 saturated carbocycles. The van der Waals surface area contributed by atoms with Gasteiger partial charge in [-0.2, -0.15) is 0 Å². The van der Waals surface area contributed by atoms with Gasteiger partial charge >= 0.3 is 6.09 Å². The first-order valence-electron chi connectivity index (χ1n) is 11.6. The van der Waals surface area contributed by atoms with Crippen molar-refractivity contribution in [3.63, 3.8) is 0 Å². The molecule has 1 aliphatic rings. The molecule has 1 amide bonds. The second kappa shape index (κ2) is 10.2. The third-order valence-corrected chi connectivity index (χ3v) is 6.09. The monoisotopic (exact) mass is 434 g/mol. The van der Waals surface area contributed by atoms with Crippen molar-refractivity contribution in [1.82, 2.24) is 0 Å². The van der Waals surface area contributed by atoms with E-state index in [1.54, 1.807) is 0 Å². The van der Waals surface area contributed by atoms with Gasteiger partial charge in [0.25, 0.3) is 0 Å². The smallest absolute Gasteiger partial charge is 0.412 e. The van der Waals surface area contributed by atoms with Crippen molar-refractivity contribution in [1.29, 1.82) is 0 Å². The summed E-state index contributed by atoms with van der Waals surface area (Å²) in [4.78, 5) is 16.2. The number of benzene rings is 1. The fourth-order valence-corrected chi connectivity index (χ4v) is 4.69. The highest BCUT2D eigenvalue weighted by Crippen LogP contribution is 2.40. The molecule has 1 aromatic carbocycles. The molecule has 1 atom stereocenters. The Morgan fingerprint density at radius 1 is 1.13 bits per heavy atom. The van der Waals surface area contributed by atoms with Crippen molar-refractivity contribution in [3.05, 3.63) is 23.8 Å². The molecular formula is C25H42N2O4. The van der Waals surface area contributed by atoms with Crippen LogP contribution < -0.4 is 9.80 Å². The van der Waals surface area contributed by atoms with E-state index in [2.05, 4.69) is 30.9 Å². The molecule has 31 heavy (non-hydrogen) atoms. The highest BCUT2D eigenvalue weighted by Gasteiger charge is 2.33. The number of nitrogens with zero attached hydrogens (tertiary/aromatic N) is 2. The number of rotatable bonds is 8. The van der Waals surface area contributed by atoms with Crippen molar-refractivity contribution >= 4 is 17.5 Å². The molecule has 1 saturated heterocycles. The third kappa shape index (κ3) is 6.59. The molecular weight excluding hydrogens is 392 g/mol. The summed E-state index contributed by atoms with van der Waals surface area (Å²) in [5.74, 6) is 0.154. The Morgan fingerprint density at radius 3 is 2.19 bits per heavy atom. The molecule has 1 aromatic rings. The van der Waals surface area contributed by atoms with Crippen molar-refractivity contribution in [2.45, 2.75) is 97.2 Å². The standard InChI is InChI=1S/C25H42N2O4/c1-8-18(17-25(6,7)30)19-10-11-21(26(9-2)20-12-14-31-15-13-20)22(16-19)27(23(28)29)24(3,4)5/h10-11,16,18,20,30H,8-9,12-15,17H2,1-7H3,(H,28,29)/t18-/m0/s1. The minimum absolute atomic E-state index is 0.154. The highest BCUT2D eigenvalue weighted by molar-refractivity contribution is 5.93. The summed E-state index contributed by atoms with van der Waals surface area (Å²) in [6, 6.07) is 6.57. The first kappa shape index (κ1) is 25.5. The van der Waals surface area contributed by atoms with Crippen LogP contribution in [0, 0.1) is 0 Å². The third-order valence-electron chi connectivity index (χ3n) is 6.09. The number of anilines is 2. The Balaban J connectivity index is 2.62. The molecule has 0 aliphatic carbocycles. The van der Waals surface area contributed by atoms with E-state index in [-0.39, 0.29) is 5.92 Å². The average molecular weight is 435 g/mol. The number of ether oxygens (including phenoxy) is 1. The molecule has 6 heteroatoms. The van der Waals surface area contributed by atoms with E-state index >= 15 is 0 Å². The Labute approximate surface area is 188 Å². The minimum Gasteiger partial charge on any atom is -0.465 e. The quantitative estimate of drug-likeness (QED) is 0.555. The van der Waals surface area contributed by atoms with Gasteiger partial charge in [0.05, 0.1) is 17.0 Å². The number of carbonyl (C=O) groups is 1. The molecule has 2 N–H and O–H groups in total. The van der Waals surface area contributed by atoms with Crippen LogP contribution in [0.3, 0.4) is 0 Å². The largest absolute Gasteiger partial charge is 0.465 e. The van der Waals surface area contributed by atoms with Crippen LogP contribution >= 0.6 is 0 Å². The molecule has 0 bridgehead atoms. The van der Waals surface area contributed by atoms with Gasteiger partial charge in [0.15, 0.2) is 0 Å². The summed E-state index contributed by atoms with van der Waals surface area (Å²) in [7, 11) is 0. The zero-order valence-electron chi connectivity index (χ0n) is 20.4. The summed E-state index contributed by atoms with van der Waals surface area (Å²) < 4.78 is 5.56. The molecule has 0 aromatic heterocycles. The van der Waals surface area contributed by atoms with Crippen LogP contribution in [-0.4, -0.2) is 53.2 Å². The van der Waals surface area contributed by atoms with Gasteiger partial charge in [-0.3, -0.25) is 4.90 Å². The van der Waals surface area contributed by atoms with Gasteiger partial charge in [-0.1, -0.05) is 13.0 Å². The van der Waals surface area contributed by atoms with Crippen molar-refractivity contribution < 1.29 is 19.7 Å². The van der Waals surface area contributed by atoms with Crippen LogP contribution in [0.1, 0.15) is 85.6 Å². The summed E-state index contributed by atoms with van der Waals surface area (Å²) >= 11 is 0. The van der Waals surface area contributed by atoms with Crippen molar-refractivity contribution in [3.8, 4) is 0 Å². The number of aliphatic hydroxyl groups is 1. The summed E-state index contributed by atoms with van der Waals surface area (Å²) in [6.45, 7) is 15.9. The normalized spacial score (nSPS) is 16.8. The van der Waals surface area contributed by atoms with Gasteiger partial charge in [0.1, 0.15) is 0 Å². The maximum Gasteiger partial charge on any atom is 0.412 e. The summed E-state index contributed by atoms with van der Waals surface area (Å²) in [6.07, 6.45) is 2.43. The second-order valence-electron chi connectivity index (χ2n) is 10.3. The Hall–Kier alpha value is -1.79. The van der Waals surface area contributed by atoms with Gasteiger partial charge in [-0.05, 0) is 90.8 Å². The molecule has 0 spiro atoms. The fourth-order valence-electron chi connectivity index (χ4n) is 4.69. The van der Waals surface area contributed by atoms with Crippen LogP contribution in [0.2, 0.25) is 0 Å². The molecule has 1 heterocycles. The van der Waals surface area contributed by atoms with E-state index in [9.17, 15) is 15.0 Å². The zero-order valence-corrected chi connectivity index (χ0v) is 20.4. The highest BCUT2D eigenvalue weighted by atomic mass is 16.5. The topological polar surface area (TPSA) is 73.2 Å². The van der Waals surface area contributed by atoms with E-state index in [0.717, 1.165) is 56.0 Å². The molecule has 176 valence electrons. The lowest BCUT2D eigenvalue weighted by Crippen LogP contribution is -2.47. The van der Waals surface area contributed by atoms with E-state index in [4.69, 9.17) is 4.74 Å². The van der Waals surface area contributed by atoms with Gasteiger partial charge in [0, 0.05) is 31.3 Å². The predicted molar refractivity (Wildman–Crippen MR) is 128 cm³/mol. The maximum absolute atomic E-state index is 12.4. The lowest BCUT2D eigenvalue weighted by atomic mass is 9.85. The molecule has 1 fully saturated rings. The van der Waals surface area contributed by atoms with Gasteiger partial charge in [-0.15, -0.1) is 0 Å². The maximum atomic E-state index is 12.4. The number of hydrogen-bond donors (Lipinski definition) is 2. The van der Waals surface area contributed by atoms with Crippen LogP contribution in [0.25, 0.3) is 0 Å². The van der Waals surface area contributed by atoms with Crippen LogP contribution in [0.15, 0.2) is 18.2 Å². The minimum atomic E-state index is -0.954. The Kier molecular flexibility index (Phi) is 8.40. The number of carboxylic acid groups (broad SMARTS) is 1. The first-order valence-corrected chi connectivity index (χ1v) is 11.6. The SMILES string of the molecule is CC[C@@H](CC(C)(C)O)c1ccc(N(CC)C2CCOCC2)c(N(C(=O)O)C(C)(C)C)c1. The van der Waals surface area contributed by atoms with Crippen molar-refractivity contribution in [2.75, 3.05) is 29.6 Å². The Morgan fingerprint density at radius 2 is 1.74 bits per heavy atom. The number of amides is 1. The first-order chi connectivity index (χ1) is 14.4. The molecule has 6 nitrogen and oxygen atoms in total.